The summed E-state index contributed by atoms with van der Waals surface area (Å²) >= 11 is 0. The molecule has 0 aliphatic rings. The van der Waals surface area contributed by atoms with Gasteiger partial charge in [0.05, 0.1) is 6.54 Å². The van der Waals surface area contributed by atoms with Crippen molar-refractivity contribution < 1.29 is 14.4 Å². The van der Waals surface area contributed by atoms with Crippen LogP contribution in [0.5, 0.6) is 0 Å². The molecule has 0 heterocycles. The highest BCUT2D eigenvalue weighted by molar-refractivity contribution is 6.06. The van der Waals surface area contributed by atoms with Crippen LogP contribution in [0.3, 0.4) is 0 Å². The Balaban J connectivity index is 1.55. The Morgan fingerprint density at radius 2 is 1.44 bits per heavy atom. The molecule has 0 radical (unpaired) electrons. The first-order valence-corrected chi connectivity index (χ1v) is 11.3. The third-order valence-corrected chi connectivity index (χ3v) is 5.15. The summed E-state index contributed by atoms with van der Waals surface area (Å²) in [7, 11) is 0. The molecule has 0 unspecified atom stereocenters. The fourth-order valence-corrected chi connectivity index (χ4v) is 3.29. The van der Waals surface area contributed by atoms with Gasteiger partial charge in [-0.1, -0.05) is 38.1 Å². The van der Waals surface area contributed by atoms with Gasteiger partial charge < -0.3 is 20.9 Å². The number of carbonyl (C=O) groups excluding carboxylic acids is 3. The highest BCUT2D eigenvalue weighted by Crippen LogP contribution is 2.19. The molecule has 3 rings (SSSR count). The van der Waals surface area contributed by atoms with Gasteiger partial charge in [0, 0.05) is 40.8 Å². The van der Waals surface area contributed by atoms with Crippen LogP contribution in [0.25, 0.3) is 0 Å². The minimum Gasteiger partial charge on any atom is -0.376 e. The first-order valence-electron chi connectivity index (χ1n) is 11.3. The number of hydrogen-bond acceptors (Lipinski definition) is 4. The maximum atomic E-state index is 12.9. The van der Waals surface area contributed by atoms with Crippen LogP contribution in [-0.2, 0) is 9.59 Å². The standard InChI is InChI=1S/C27H30N4O3/c1-4-31(24-11-6-5-7-12-24)27(34)20-13-15-21(16-14-20)28-18-25(32)29-22-9-8-10-23(17-22)30-26(33)19(2)3/h5-17,19,28H,4,18H2,1-3H3,(H,29,32)(H,30,33). The molecule has 0 aliphatic carbocycles. The number of hydrogen-bond donors (Lipinski definition) is 3. The molecule has 0 aliphatic heterocycles. The number of para-hydroxylation sites is 1. The molecule has 0 atom stereocenters. The molecule has 0 aromatic heterocycles. The minimum absolute atomic E-state index is 0.0565. The van der Waals surface area contributed by atoms with Crippen molar-refractivity contribution in [2.24, 2.45) is 5.92 Å². The lowest BCUT2D eigenvalue weighted by Gasteiger charge is -2.21. The molecule has 34 heavy (non-hydrogen) atoms. The maximum Gasteiger partial charge on any atom is 0.258 e. The molecule has 0 saturated carbocycles. The van der Waals surface area contributed by atoms with Crippen LogP contribution in [0, 0.1) is 5.92 Å². The van der Waals surface area contributed by atoms with E-state index in [-0.39, 0.29) is 30.2 Å². The Hall–Kier alpha value is -4.13. The number of anilines is 4. The van der Waals surface area contributed by atoms with Crippen LogP contribution >= 0.6 is 0 Å². The van der Waals surface area contributed by atoms with E-state index in [0.29, 0.717) is 23.5 Å². The van der Waals surface area contributed by atoms with Crippen molar-refractivity contribution in [2.45, 2.75) is 20.8 Å². The molecule has 176 valence electrons. The van der Waals surface area contributed by atoms with E-state index in [1.54, 1.807) is 53.4 Å². The van der Waals surface area contributed by atoms with Gasteiger partial charge >= 0.3 is 0 Å². The van der Waals surface area contributed by atoms with Gasteiger partial charge in [0.2, 0.25) is 11.8 Å². The number of nitrogens with one attached hydrogen (secondary N) is 3. The summed E-state index contributed by atoms with van der Waals surface area (Å²) in [5.41, 5.74) is 3.37. The third kappa shape index (κ3) is 6.68. The van der Waals surface area contributed by atoms with E-state index >= 15 is 0 Å². The monoisotopic (exact) mass is 458 g/mol. The summed E-state index contributed by atoms with van der Waals surface area (Å²) < 4.78 is 0. The zero-order valence-electron chi connectivity index (χ0n) is 19.7. The second kappa shape index (κ2) is 11.7. The summed E-state index contributed by atoms with van der Waals surface area (Å²) in [5.74, 6) is -0.526. The summed E-state index contributed by atoms with van der Waals surface area (Å²) in [6.07, 6.45) is 0. The normalized spacial score (nSPS) is 10.5. The number of benzene rings is 3. The lowest BCUT2D eigenvalue weighted by Crippen LogP contribution is -2.30. The van der Waals surface area contributed by atoms with E-state index in [1.165, 1.54) is 0 Å². The van der Waals surface area contributed by atoms with Gasteiger partial charge in [0.25, 0.3) is 5.91 Å². The Labute approximate surface area is 200 Å². The van der Waals surface area contributed by atoms with E-state index in [0.717, 1.165) is 11.4 Å². The molecule has 3 N–H and O–H groups in total. The molecule has 0 fully saturated rings. The highest BCUT2D eigenvalue weighted by atomic mass is 16.2. The van der Waals surface area contributed by atoms with Crippen LogP contribution in [0.1, 0.15) is 31.1 Å². The minimum atomic E-state index is -0.228. The van der Waals surface area contributed by atoms with Gasteiger partial charge in [-0.2, -0.15) is 0 Å². The second-order valence-corrected chi connectivity index (χ2v) is 8.09. The van der Waals surface area contributed by atoms with Gasteiger partial charge in [-0.15, -0.1) is 0 Å². The highest BCUT2D eigenvalue weighted by Gasteiger charge is 2.16. The van der Waals surface area contributed by atoms with Crippen LogP contribution in [-0.4, -0.2) is 30.8 Å². The van der Waals surface area contributed by atoms with Gasteiger partial charge in [0.15, 0.2) is 0 Å². The Morgan fingerprint density at radius 1 is 0.794 bits per heavy atom. The Bertz CT molecular complexity index is 1130. The van der Waals surface area contributed by atoms with Crippen molar-refractivity contribution >= 4 is 40.5 Å². The number of nitrogens with zero attached hydrogens (tertiary/aromatic N) is 1. The fraction of sp³-hybridized carbons (Fsp3) is 0.222. The van der Waals surface area contributed by atoms with Crippen molar-refractivity contribution in [3.63, 3.8) is 0 Å². The molecule has 3 aromatic rings. The smallest absolute Gasteiger partial charge is 0.258 e. The predicted molar refractivity (Wildman–Crippen MR) is 137 cm³/mol. The van der Waals surface area contributed by atoms with Crippen LogP contribution in [0.2, 0.25) is 0 Å². The summed E-state index contributed by atoms with van der Waals surface area (Å²) in [6, 6.07) is 23.6. The summed E-state index contributed by atoms with van der Waals surface area (Å²) in [6.45, 7) is 6.19. The third-order valence-electron chi connectivity index (χ3n) is 5.15. The number of rotatable bonds is 9. The average molecular weight is 459 g/mol. The Kier molecular flexibility index (Phi) is 8.40. The number of carbonyl (C=O) groups is 3. The lowest BCUT2D eigenvalue weighted by atomic mass is 10.1. The van der Waals surface area contributed by atoms with E-state index < -0.39 is 0 Å². The van der Waals surface area contributed by atoms with Gasteiger partial charge in [-0.05, 0) is 61.5 Å². The summed E-state index contributed by atoms with van der Waals surface area (Å²) in [5, 5.41) is 8.69. The van der Waals surface area contributed by atoms with E-state index in [2.05, 4.69) is 16.0 Å². The fourth-order valence-electron chi connectivity index (χ4n) is 3.29. The largest absolute Gasteiger partial charge is 0.376 e. The zero-order valence-corrected chi connectivity index (χ0v) is 19.7. The predicted octanol–water partition coefficient (Wildman–Crippen LogP) is 5.00. The van der Waals surface area contributed by atoms with E-state index in [9.17, 15) is 14.4 Å². The molecule has 0 bridgehead atoms. The quantitative estimate of drug-likeness (QED) is 0.421. The molecule has 0 spiro atoms. The zero-order chi connectivity index (χ0) is 24.5. The van der Waals surface area contributed by atoms with Crippen molar-refractivity contribution in [3.8, 4) is 0 Å². The second-order valence-electron chi connectivity index (χ2n) is 8.09. The topological polar surface area (TPSA) is 90.5 Å². The molecule has 7 heteroatoms. The van der Waals surface area contributed by atoms with Crippen LogP contribution in [0.4, 0.5) is 22.7 Å². The van der Waals surface area contributed by atoms with Gasteiger partial charge in [-0.25, -0.2) is 0 Å². The van der Waals surface area contributed by atoms with Crippen molar-refractivity contribution in [2.75, 3.05) is 33.9 Å². The van der Waals surface area contributed by atoms with Crippen molar-refractivity contribution in [1.82, 2.24) is 0 Å². The van der Waals surface area contributed by atoms with Crippen molar-refractivity contribution in [1.29, 1.82) is 0 Å². The van der Waals surface area contributed by atoms with Crippen LogP contribution < -0.4 is 20.9 Å². The van der Waals surface area contributed by atoms with E-state index in [1.807, 2.05) is 51.1 Å². The molecular weight excluding hydrogens is 428 g/mol. The lowest BCUT2D eigenvalue weighted by molar-refractivity contribution is -0.119. The van der Waals surface area contributed by atoms with Gasteiger partial charge in [0.1, 0.15) is 0 Å². The molecule has 3 aromatic carbocycles. The number of amides is 3. The molecule has 3 amide bonds. The average Bonchev–Trinajstić information content (AvgIpc) is 2.84. The first kappa shape index (κ1) is 24.5. The van der Waals surface area contributed by atoms with E-state index in [4.69, 9.17) is 0 Å². The van der Waals surface area contributed by atoms with Crippen LogP contribution in [0.15, 0.2) is 78.9 Å². The Morgan fingerprint density at radius 3 is 2.06 bits per heavy atom. The maximum absolute atomic E-state index is 12.9. The van der Waals surface area contributed by atoms with Crippen molar-refractivity contribution in [3.05, 3.63) is 84.4 Å². The first-order chi connectivity index (χ1) is 16.4. The molecule has 0 saturated heterocycles. The van der Waals surface area contributed by atoms with Gasteiger partial charge in [-0.3, -0.25) is 14.4 Å². The summed E-state index contributed by atoms with van der Waals surface area (Å²) in [4.78, 5) is 38.9. The SMILES string of the molecule is CCN(C(=O)c1ccc(NCC(=O)Nc2cccc(NC(=O)C(C)C)c2)cc1)c1ccccc1. The molecular formula is C27H30N4O3. The molecule has 7 nitrogen and oxygen atoms in total.